The summed E-state index contributed by atoms with van der Waals surface area (Å²) in [6.45, 7) is 8.47. The number of hydrogen-bond acceptors (Lipinski definition) is 2. The van der Waals surface area contributed by atoms with Crippen molar-refractivity contribution in [1.82, 2.24) is 9.78 Å². The monoisotopic (exact) mass is 178 g/mol. The van der Waals surface area contributed by atoms with E-state index >= 15 is 0 Å². The molecule has 3 nitrogen and oxygen atoms in total. The molecule has 1 heterocycles. The minimum Gasteiger partial charge on any atom is -0.289 e. The fraction of sp³-hybridized carbons (Fsp3) is 0.400. The lowest BCUT2D eigenvalue weighted by Gasteiger charge is -2.02. The molecule has 0 atom stereocenters. The molecule has 70 valence electrons. The second-order valence-corrected chi connectivity index (χ2v) is 3.41. The average Bonchev–Trinajstić information content (AvgIpc) is 2.50. The molecule has 0 saturated heterocycles. The molecule has 0 aliphatic heterocycles. The van der Waals surface area contributed by atoms with Gasteiger partial charge in [0.1, 0.15) is 0 Å². The molecule has 0 spiro atoms. The maximum absolute atomic E-state index is 11.1. The van der Waals surface area contributed by atoms with Crippen LogP contribution in [0.4, 0.5) is 0 Å². The Morgan fingerprint density at radius 1 is 1.77 bits per heavy atom. The van der Waals surface area contributed by atoms with E-state index in [1.165, 1.54) is 6.08 Å². The lowest BCUT2D eigenvalue weighted by molar-refractivity contribution is 0.104. The van der Waals surface area contributed by atoms with Gasteiger partial charge in [-0.2, -0.15) is 5.10 Å². The van der Waals surface area contributed by atoms with Crippen LogP contribution in [0.1, 0.15) is 24.2 Å². The number of carbonyl (C=O) groups excluding carboxylic acids is 1. The van der Waals surface area contributed by atoms with Crippen molar-refractivity contribution < 1.29 is 4.79 Å². The summed E-state index contributed by atoms with van der Waals surface area (Å²) in [5.74, 6) is 0.460. The van der Waals surface area contributed by atoms with E-state index in [0.717, 1.165) is 6.54 Å². The number of aromatic nitrogens is 2. The normalized spacial score (nSPS) is 10.4. The highest BCUT2D eigenvalue weighted by Gasteiger charge is 2.04. The molecule has 0 radical (unpaired) electrons. The number of carbonyl (C=O) groups is 1. The second-order valence-electron chi connectivity index (χ2n) is 3.41. The van der Waals surface area contributed by atoms with E-state index in [0.29, 0.717) is 11.5 Å². The van der Waals surface area contributed by atoms with E-state index in [4.69, 9.17) is 0 Å². The minimum atomic E-state index is -0.0741. The topological polar surface area (TPSA) is 34.9 Å². The number of nitrogens with zero attached hydrogens (tertiary/aromatic N) is 2. The first-order chi connectivity index (χ1) is 6.13. The molecule has 0 N–H and O–H groups in total. The van der Waals surface area contributed by atoms with E-state index in [2.05, 4.69) is 25.5 Å². The van der Waals surface area contributed by atoms with E-state index in [1.807, 2.05) is 0 Å². The molecule has 3 heteroatoms. The summed E-state index contributed by atoms with van der Waals surface area (Å²) < 4.78 is 1.78. The molecule has 0 aliphatic rings. The van der Waals surface area contributed by atoms with E-state index in [-0.39, 0.29) is 5.78 Å². The molecule has 1 aromatic heterocycles. The molecule has 0 unspecified atom stereocenters. The zero-order valence-corrected chi connectivity index (χ0v) is 8.03. The molecular formula is C10H14N2O. The summed E-state index contributed by atoms with van der Waals surface area (Å²) in [5.41, 5.74) is 0.607. The smallest absolute Gasteiger partial charge is 0.188 e. The molecule has 13 heavy (non-hydrogen) atoms. The number of allylic oxidation sites excluding steroid dienone is 1. The van der Waals surface area contributed by atoms with Gasteiger partial charge in [-0.25, -0.2) is 0 Å². The number of hydrogen-bond donors (Lipinski definition) is 0. The van der Waals surface area contributed by atoms with Crippen LogP contribution >= 0.6 is 0 Å². The molecular weight excluding hydrogens is 164 g/mol. The molecule has 1 rings (SSSR count). The van der Waals surface area contributed by atoms with E-state index in [9.17, 15) is 4.79 Å². The van der Waals surface area contributed by atoms with Crippen molar-refractivity contribution in [2.24, 2.45) is 5.92 Å². The molecule has 0 fully saturated rings. The van der Waals surface area contributed by atoms with Crippen molar-refractivity contribution >= 4 is 5.78 Å². The fourth-order valence-electron chi connectivity index (χ4n) is 1.08. The van der Waals surface area contributed by atoms with Crippen molar-refractivity contribution in [3.8, 4) is 0 Å². The van der Waals surface area contributed by atoms with Gasteiger partial charge in [-0.3, -0.25) is 9.48 Å². The van der Waals surface area contributed by atoms with Crippen LogP contribution in [0, 0.1) is 5.92 Å². The van der Waals surface area contributed by atoms with Crippen LogP contribution in [0.3, 0.4) is 0 Å². The van der Waals surface area contributed by atoms with Gasteiger partial charge in [0.25, 0.3) is 0 Å². The van der Waals surface area contributed by atoms with Crippen LogP contribution in [0.5, 0.6) is 0 Å². The Bertz CT molecular complexity index is 312. The van der Waals surface area contributed by atoms with Crippen molar-refractivity contribution in [3.05, 3.63) is 30.6 Å². The van der Waals surface area contributed by atoms with Crippen LogP contribution in [0.2, 0.25) is 0 Å². The molecule has 0 aliphatic carbocycles. The van der Waals surface area contributed by atoms with Crippen LogP contribution in [0.25, 0.3) is 0 Å². The lowest BCUT2D eigenvalue weighted by atomic mass is 10.2. The van der Waals surface area contributed by atoms with Gasteiger partial charge < -0.3 is 0 Å². The quantitative estimate of drug-likeness (QED) is 0.521. The Kier molecular flexibility index (Phi) is 3.01. The lowest BCUT2D eigenvalue weighted by Crippen LogP contribution is -2.04. The van der Waals surface area contributed by atoms with Gasteiger partial charge in [0.05, 0.1) is 11.8 Å². The van der Waals surface area contributed by atoms with Crippen LogP contribution in [-0.2, 0) is 6.54 Å². The number of rotatable bonds is 4. The molecule has 0 bridgehead atoms. The van der Waals surface area contributed by atoms with Gasteiger partial charge in [0.2, 0.25) is 0 Å². The van der Waals surface area contributed by atoms with Crippen molar-refractivity contribution in [1.29, 1.82) is 0 Å². The summed E-state index contributed by atoms with van der Waals surface area (Å²) in [5, 5.41) is 4.07. The van der Waals surface area contributed by atoms with Crippen molar-refractivity contribution in [2.45, 2.75) is 20.4 Å². The maximum atomic E-state index is 11.1. The SMILES string of the molecule is C=CC(=O)c1cnn(CC(C)C)c1. The zero-order valence-electron chi connectivity index (χ0n) is 8.03. The second kappa shape index (κ2) is 4.03. The summed E-state index contributed by atoms with van der Waals surface area (Å²) in [6.07, 6.45) is 4.63. The van der Waals surface area contributed by atoms with Crippen LogP contribution < -0.4 is 0 Å². The summed E-state index contributed by atoms with van der Waals surface area (Å²) in [4.78, 5) is 11.1. The fourth-order valence-corrected chi connectivity index (χ4v) is 1.08. The van der Waals surface area contributed by atoms with Crippen LogP contribution in [-0.4, -0.2) is 15.6 Å². The summed E-state index contributed by atoms with van der Waals surface area (Å²) in [7, 11) is 0. The third kappa shape index (κ3) is 2.54. The Labute approximate surface area is 78.1 Å². The first-order valence-electron chi connectivity index (χ1n) is 4.32. The standard InChI is InChI=1S/C10H14N2O/c1-4-10(13)9-5-11-12(7-9)6-8(2)3/h4-5,7-8H,1,6H2,2-3H3. The van der Waals surface area contributed by atoms with E-state index in [1.54, 1.807) is 17.1 Å². The molecule has 0 aromatic carbocycles. The third-order valence-corrected chi connectivity index (χ3v) is 1.66. The van der Waals surface area contributed by atoms with Gasteiger partial charge >= 0.3 is 0 Å². The minimum absolute atomic E-state index is 0.0741. The Morgan fingerprint density at radius 3 is 3.00 bits per heavy atom. The molecule has 1 aromatic rings. The third-order valence-electron chi connectivity index (χ3n) is 1.66. The molecule has 0 amide bonds. The molecule has 0 saturated carbocycles. The number of ketones is 1. The Balaban J connectivity index is 2.74. The average molecular weight is 178 g/mol. The highest BCUT2D eigenvalue weighted by molar-refractivity contribution is 6.03. The summed E-state index contributed by atoms with van der Waals surface area (Å²) in [6, 6.07) is 0. The predicted octanol–water partition coefficient (Wildman–Crippen LogP) is 1.91. The Hall–Kier alpha value is -1.38. The first kappa shape index (κ1) is 9.71. The van der Waals surface area contributed by atoms with Crippen molar-refractivity contribution in [3.63, 3.8) is 0 Å². The predicted molar refractivity (Wildman–Crippen MR) is 51.6 cm³/mol. The van der Waals surface area contributed by atoms with Gasteiger partial charge in [-0.15, -0.1) is 0 Å². The first-order valence-corrected chi connectivity index (χ1v) is 4.32. The largest absolute Gasteiger partial charge is 0.289 e. The Morgan fingerprint density at radius 2 is 2.46 bits per heavy atom. The summed E-state index contributed by atoms with van der Waals surface area (Å²) >= 11 is 0. The highest BCUT2D eigenvalue weighted by atomic mass is 16.1. The van der Waals surface area contributed by atoms with Gasteiger partial charge in [0, 0.05) is 12.7 Å². The van der Waals surface area contributed by atoms with Crippen molar-refractivity contribution in [2.75, 3.05) is 0 Å². The maximum Gasteiger partial charge on any atom is 0.188 e. The van der Waals surface area contributed by atoms with Gasteiger partial charge in [-0.05, 0) is 12.0 Å². The van der Waals surface area contributed by atoms with Crippen LogP contribution in [0.15, 0.2) is 25.0 Å². The highest BCUT2D eigenvalue weighted by Crippen LogP contribution is 2.03. The van der Waals surface area contributed by atoms with Gasteiger partial charge in [-0.1, -0.05) is 20.4 Å². The van der Waals surface area contributed by atoms with E-state index < -0.39 is 0 Å². The van der Waals surface area contributed by atoms with Gasteiger partial charge in [0.15, 0.2) is 5.78 Å². The zero-order chi connectivity index (χ0) is 9.84.